The summed E-state index contributed by atoms with van der Waals surface area (Å²) in [7, 11) is 1.59. The molecule has 0 saturated heterocycles. The minimum atomic E-state index is -0.0952. The van der Waals surface area contributed by atoms with Gasteiger partial charge in [0.2, 0.25) is 5.91 Å². The number of nitrogens with one attached hydrogen (secondary N) is 2. The zero-order chi connectivity index (χ0) is 12.8. The number of hydrogen-bond acceptors (Lipinski definition) is 5. The van der Waals surface area contributed by atoms with Crippen LogP contribution in [0, 0.1) is 0 Å². The van der Waals surface area contributed by atoms with E-state index in [0.717, 1.165) is 5.65 Å². The van der Waals surface area contributed by atoms with Gasteiger partial charge in [0.15, 0.2) is 5.65 Å². The van der Waals surface area contributed by atoms with E-state index in [9.17, 15) is 4.79 Å². The van der Waals surface area contributed by atoms with Crippen LogP contribution in [0.4, 0.5) is 5.82 Å². The van der Waals surface area contributed by atoms with E-state index in [1.54, 1.807) is 36.2 Å². The van der Waals surface area contributed by atoms with Gasteiger partial charge in [-0.15, -0.1) is 0 Å². The molecule has 0 unspecified atom stereocenters. The summed E-state index contributed by atoms with van der Waals surface area (Å²) in [6.45, 7) is 1.19. The molecule has 7 heteroatoms. The average Bonchev–Trinajstić information content (AvgIpc) is 2.84. The predicted molar refractivity (Wildman–Crippen MR) is 66.4 cm³/mol. The van der Waals surface area contributed by atoms with E-state index in [4.69, 9.17) is 4.74 Å². The van der Waals surface area contributed by atoms with Crippen LogP contribution in [0.5, 0.6) is 0 Å². The van der Waals surface area contributed by atoms with Crippen LogP contribution in [-0.4, -0.2) is 47.3 Å². The van der Waals surface area contributed by atoms with E-state index in [-0.39, 0.29) is 12.5 Å². The number of carbonyl (C=O) groups excluding carboxylic acids is 1. The van der Waals surface area contributed by atoms with Crippen molar-refractivity contribution in [1.29, 1.82) is 0 Å². The number of fused-ring (bicyclic) bond motifs is 1. The van der Waals surface area contributed by atoms with Crippen molar-refractivity contribution in [3.05, 3.63) is 24.5 Å². The molecule has 0 aliphatic heterocycles. The first-order chi connectivity index (χ1) is 8.79. The van der Waals surface area contributed by atoms with Crippen LogP contribution < -0.4 is 10.6 Å². The maximum atomic E-state index is 11.4. The maximum absolute atomic E-state index is 11.4. The van der Waals surface area contributed by atoms with Crippen molar-refractivity contribution in [1.82, 2.24) is 19.9 Å². The Kier molecular flexibility index (Phi) is 4.08. The summed E-state index contributed by atoms with van der Waals surface area (Å²) in [6, 6.07) is 3.56. The number of rotatable bonds is 6. The van der Waals surface area contributed by atoms with Crippen LogP contribution in [0.2, 0.25) is 0 Å². The minimum Gasteiger partial charge on any atom is -0.383 e. The molecule has 0 aromatic carbocycles. The quantitative estimate of drug-likeness (QED) is 0.699. The van der Waals surface area contributed by atoms with E-state index in [1.807, 2.05) is 0 Å². The smallest absolute Gasteiger partial charge is 0.239 e. The Labute approximate surface area is 104 Å². The highest BCUT2D eigenvalue weighted by Crippen LogP contribution is 2.04. The number of hydrogen-bond donors (Lipinski definition) is 2. The fourth-order valence-electron chi connectivity index (χ4n) is 1.44. The summed E-state index contributed by atoms with van der Waals surface area (Å²) < 4.78 is 6.49. The lowest BCUT2D eigenvalue weighted by molar-refractivity contribution is -0.119. The molecule has 2 aromatic heterocycles. The average molecular weight is 249 g/mol. The molecule has 96 valence electrons. The van der Waals surface area contributed by atoms with Crippen molar-refractivity contribution in [3.63, 3.8) is 0 Å². The van der Waals surface area contributed by atoms with Gasteiger partial charge in [-0.05, 0) is 6.07 Å². The van der Waals surface area contributed by atoms with Gasteiger partial charge >= 0.3 is 0 Å². The molecule has 0 spiro atoms. The SMILES string of the molecule is COCCNC(=O)CNc1ccn2nccc2n1. The Morgan fingerprint density at radius 1 is 1.50 bits per heavy atom. The standard InChI is InChI=1S/C11H15N5O2/c1-18-7-5-12-11(17)8-13-9-3-6-16-10(15-9)2-4-14-16/h2-4,6H,5,7-8H2,1H3,(H,12,17)(H,13,15). The van der Waals surface area contributed by atoms with Gasteiger partial charge in [-0.1, -0.05) is 0 Å². The second kappa shape index (κ2) is 5.97. The van der Waals surface area contributed by atoms with Crippen LogP contribution in [0.15, 0.2) is 24.5 Å². The summed E-state index contributed by atoms with van der Waals surface area (Å²) in [4.78, 5) is 15.7. The highest BCUT2D eigenvalue weighted by atomic mass is 16.5. The Morgan fingerprint density at radius 2 is 2.39 bits per heavy atom. The molecule has 0 radical (unpaired) electrons. The Bertz CT molecular complexity index is 525. The minimum absolute atomic E-state index is 0.0952. The van der Waals surface area contributed by atoms with E-state index in [1.165, 1.54) is 0 Å². The van der Waals surface area contributed by atoms with Crippen molar-refractivity contribution >= 4 is 17.4 Å². The van der Waals surface area contributed by atoms with Crippen LogP contribution >= 0.6 is 0 Å². The molecule has 0 atom stereocenters. The highest BCUT2D eigenvalue weighted by Gasteiger charge is 2.02. The van der Waals surface area contributed by atoms with Crippen molar-refractivity contribution in [2.75, 3.05) is 32.1 Å². The molecule has 0 fully saturated rings. The lowest BCUT2D eigenvalue weighted by atomic mass is 10.5. The topological polar surface area (TPSA) is 80.5 Å². The van der Waals surface area contributed by atoms with Gasteiger partial charge in [-0.25, -0.2) is 9.50 Å². The summed E-state index contributed by atoms with van der Waals surface area (Å²) >= 11 is 0. The molecular weight excluding hydrogens is 234 g/mol. The molecule has 0 aliphatic rings. The molecule has 1 amide bonds. The third kappa shape index (κ3) is 3.17. The second-order valence-electron chi connectivity index (χ2n) is 3.64. The van der Waals surface area contributed by atoms with Gasteiger partial charge in [0.25, 0.3) is 0 Å². The van der Waals surface area contributed by atoms with E-state index >= 15 is 0 Å². The molecule has 2 aromatic rings. The molecule has 2 heterocycles. The van der Waals surface area contributed by atoms with Gasteiger partial charge in [-0.2, -0.15) is 5.10 Å². The number of carbonyl (C=O) groups is 1. The third-order valence-electron chi connectivity index (χ3n) is 2.32. The largest absolute Gasteiger partial charge is 0.383 e. The molecule has 0 aliphatic carbocycles. The van der Waals surface area contributed by atoms with Gasteiger partial charge in [0.05, 0.1) is 19.3 Å². The predicted octanol–water partition coefficient (Wildman–Crippen LogP) is -0.0962. The van der Waals surface area contributed by atoms with Crippen LogP contribution in [0.3, 0.4) is 0 Å². The van der Waals surface area contributed by atoms with Gasteiger partial charge < -0.3 is 15.4 Å². The summed E-state index contributed by atoms with van der Waals surface area (Å²) in [5.74, 6) is 0.548. The number of ether oxygens (including phenoxy) is 1. The van der Waals surface area contributed by atoms with Crippen LogP contribution in [0.25, 0.3) is 5.65 Å². The summed E-state index contributed by atoms with van der Waals surface area (Å²) in [5, 5.41) is 9.70. The van der Waals surface area contributed by atoms with Crippen LogP contribution in [0.1, 0.15) is 0 Å². The van der Waals surface area contributed by atoms with Crippen LogP contribution in [-0.2, 0) is 9.53 Å². The van der Waals surface area contributed by atoms with Crippen molar-refractivity contribution < 1.29 is 9.53 Å². The fraction of sp³-hybridized carbons (Fsp3) is 0.364. The second-order valence-corrected chi connectivity index (χ2v) is 3.64. The Balaban J connectivity index is 1.83. The molecule has 18 heavy (non-hydrogen) atoms. The van der Waals surface area contributed by atoms with Gasteiger partial charge in [-0.3, -0.25) is 4.79 Å². The van der Waals surface area contributed by atoms with E-state index in [2.05, 4.69) is 20.7 Å². The molecule has 2 rings (SSSR count). The van der Waals surface area contributed by atoms with E-state index in [0.29, 0.717) is 19.0 Å². The first-order valence-corrected chi connectivity index (χ1v) is 5.59. The Morgan fingerprint density at radius 3 is 3.22 bits per heavy atom. The lowest BCUT2D eigenvalue weighted by Gasteiger charge is -2.06. The zero-order valence-corrected chi connectivity index (χ0v) is 10.1. The molecule has 0 saturated carbocycles. The van der Waals surface area contributed by atoms with Crippen molar-refractivity contribution in [2.45, 2.75) is 0 Å². The zero-order valence-electron chi connectivity index (χ0n) is 10.1. The number of aromatic nitrogens is 3. The van der Waals surface area contributed by atoms with Crippen molar-refractivity contribution in [3.8, 4) is 0 Å². The first-order valence-electron chi connectivity index (χ1n) is 5.59. The fourth-order valence-corrected chi connectivity index (χ4v) is 1.44. The number of nitrogens with zero attached hydrogens (tertiary/aromatic N) is 3. The van der Waals surface area contributed by atoms with Gasteiger partial charge in [0.1, 0.15) is 5.82 Å². The normalized spacial score (nSPS) is 10.5. The number of amides is 1. The third-order valence-corrected chi connectivity index (χ3v) is 2.32. The molecule has 0 bridgehead atoms. The van der Waals surface area contributed by atoms with Crippen molar-refractivity contribution in [2.24, 2.45) is 0 Å². The lowest BCUT2D eigenvalue weighted by Crippen LogP contribution is -2.32. The van der Waals surface area contributed by atoms with Gasteiger partial charge in [0, 0.05) is 25.9 Å². The summed E-state index contributed by atoms with van der Waals surface area (Å²) in [5.41, 5.74) is 0.736. The molecule has 2 N–H and O–H groups in total. The number of anilines is 1. The maximum Gasteiger partial charge on any atom is 0.239 e. The molecular formula is C11H15N5O2. The van der Waals surface area contributed by atoms with E-state index < -0.39 is 0 Å². The molecule has 7 nitrogen and oxygen atoms in total. The first kappa shape index (κ1) is 12.3. The Hall–Kier alpha value is -2.15. The summed E-state index contributed by atoms with van der Waals surface area (Å²) in [6.07, 6.45) is 3.46. The number of methoxy groups -OCH3 is 1. The monoisotopic (exact) mass is 249 g/mol. The highest BCUT2D eigenvalue weighted by molar-refractivity contribution is 5.80.